The summed E-state index contributed by atoms with van der Waals surface area (Å²) in [5.41, 5.74) is 13.3. The zero-order valence-electron chi connectivity index (χ0n) is 9.90. The van der Waals surface area contributed by atoms with Crippen LogP contribution in [0, 0.1) is 0 Å². The number of aromatic nitrogens is 2. The molecular weight excluding hydrogens is 296 g/mol. The fraction of sp³-hybridized carbons (Fsp3) is 0.250. The summed E-state index contributed by atoms with van der Waals surface area (Å²) in [5, 5.41) is 8.58. The SMILES string of the molecule is CCCc1ccc(Br)c2nnc(C(N)=O)c(N)c12. The third kappa shape index (κ3) is 2.03. The van der Waals surface area contributed by atoms with Crippen molar-refractivity contribution in [2.24, 2.45) is 5.73 Å². The maximum Gasteiger partial charge on any atom is 0.271 e. The van der Waals surface area contributed by atoms with E-state index in [-0.39, 0.29) is 5.69 Å². The third-order valence-electron chi connectivity index (χ3n) is 2.74. The van der Waals surface area contributed by atoms with Gasteiger partial charge in [-0.25, -0.2) is 0 Å². The van der Waals surface area contributed by atoms with E-state index < -0.39 is 5.91 Å². The molecule has 1 amide bonds. The van der Waals surface area contributed by atoms with Gasteiger partial charge in [-0.3, -0.25) is 4.79 Å². The number of carbonyl (C=O) groups excluding carboxylic acids is 1. The molecule has 0 atom stereocenters. The number of primary amides is 1. The molecule has 1 aromatic carbocycles. The Labute approximate surface area is 113 Å². The number of nitrogens with zero attached hydrogens (tertiary/aromatic N) is 2. The first-order chi connectivity index (χ1) is 8.56. The van der Waals surface area contributed by atoms with Crippen molar-refractivity contribution >= 4 is 38.4 Å². The second-order valence-corrected chi connectivity index (χ2v) is 4.86. The van der Waals surface area contributed by atoms with Gasteiger partial charge in [0.15, 0.2) is 5.69 Å². The van der Waals surface area contributed by atoms with Gasteiger partial charge in [0.25, 0.3) is 5.91 Å². The number of hydrogen-bond donors (Lipinski definition) is 2. The average molecular weight is 309 g/mol. The van der Waals surface area contributed by atoms with Crippen LogP contribution in [0.15, 0.2) is 16.6 Å². The van der Waals surface area contributed by atoms with E-state index in [4.69, 9.17) is 11.5 Å². The van der Waals surface area contributed by atoms with E-state index in [9.17, 15) is 4.79 Å². The fourth-order valence-electron chi connectivity index (χ4n) is 1.94. The largest absolute Gasteiger partial charge is 0.396 e. The van der Waals surface area contributed by atoms with E-state index >= 15 is 0 Å². The maximum atomic E-state index is 11.2. The topological polar surface area (TPSA) is 94.9 Å². The van der Waals surface area contributed by atoms with Crippen molar-refractivity contribution in [2.45, 2.75) is 19.8 Å². The minimum atomic E-state index is -0.663. The monoisotopic (exact) mass is 308 g/mol. The second-order valence-electron chi connectivity index (χ2n) is 4.01. The van der Waals surface area contributed by atoms with Gasteiger partial charge in [0, 0.05) is 9.86 Å². The van der Waals surface area contributed by atoms with Crippen molar-refractivity contribution in [3.8, 4) is 0 Å². The van der Waals surface area contributed by atoms with E-state index in [1.54, 1.807) is 0 Å². The van der Waals surface area contributed by atoms with Crippen LogP contribution in [0.4, 0.5) is 5.69 Å². The molecule has 1 heterocycles. The lowest BCUT2D eigenvalue weighted by Gasteiger charge is -2.10. The molecule has 0 aliphatic heterocycles. The third-order valence-corrected chi connectivity index (χ3v) is 3.38. The molecule has 1 aromatic heterocycles. The minimum absolute atomic E-state index is 0.0259. The maximum absolute atomic E-state index is 11.2. The van der Waals surface area contributed by atoms with Gasteiger partial charge in [-0.1, -0.05) is 19.4 Å². The van der Waals surface area contributed by atoms with Crippen LogP contribution in [-0.2, 0) is 6.42 Å². The fourth-order valence-corrected chi connectivity index (χ4v) is 2.35. The number of hydrogen-bond acceptors (Lipinski definition) is 4. The van der Waals surface area contributed by atoms with E-state index in [0.717, 1.165) is 28.3 Å². The van der Waals surface area contributed by atoms with E-state index in [2.05, 4.69) is 33.1 Å². The molecule has 0 aliphatic rings. The Kier molecular flexibility index (Phi) is 3.47. The highest BCUT2D eigenvalue weighted by atomic mass is 79.9. The molecule has 2 rings (SSSR count). The summed E-state index contributed by atoms with van der Waals surface area (Å²) in [5.74, 6) is -0.663. The van der Waals surface area contributed by atoms with Crippen LogP contribution >= 0.6 is 15.9 Å². The molecule has 2 aromatic rings. The highest BCUT2D eigenvalue weighted by Crippen LogP contribution is 2.31. The minimum Gasteiger partial charge on any atom is -0.396 e. The summed E-state index contributed by atoms with van der Waals surface area (Å²) < 4.78 is 0.799. The number of rotatable bonds is 3. The lowest BCUT2D eigenvalue weighted by molar-refractivity contribution is 0.0996. The van der Waals surface area contributed by atoms with E-state index in [0.29, 0.717) is 11.2 Å². The van der Waals surface area contributed by atoms with Gasteiger partial charge in [0.05, 0.1) is 5.69 Å². The molecule has 4 N–H and O–H groups in total. The summed E-state index contributed by atoms with van der Waals surface area (Å²) >= 11 is 3.40. The van der Waals surface area contributed by atoms with Crippen LogP contribution in [0.1, 0.15) is 29.4 Å². The van der Waals surface area contributed by atoms with Gasteiger partial charge in [-0.05, 0) is 34.0 Å². The van der Waals surface area contributed by atoms with Crippen LogP contribution in [0.25, 0.3) is 10.9 Å². The normalized spacial score (nSPS) is 10.8. The Morgan fingerprint density at radius 2 is 2.11 bits per heavy atom. The van der Waals surface area contributed by atoms with Crippen molar-refractivity contribution in [3.63, 3.8) is 0 Å². The molecular formula is C12H13BrN4O. The number of nitrogens with two attached hydrogens (primary N) is 2. The van der Waals surface area contributed by atoms with Crippen molar-refractivity contribution in [3.05, 3.63) is 27.9 Å². The molecule has 18 heavy (non-hydrogen) atoms. The van der Waals surface area contributed by atoms with E-state index in [1.165, 1.54) is 0 Å². The second kappa shape index (κ2) is 4.89. The molecule has 0 saturated carbocycles. The predicted molar refractivity (Wildman–Crippen MR) is 74.2 cm³/mol. The first-order valence-electron chi connectivity index (χ1n) is 5.59. The summed E-state index contributed by atoms with van der Waals surface area (Å²) in [6.07, 6.45) is 1.84. The van der Waals surface area contributed by atoms with Crippen molar-refractivity contribution in [1.82, 2.24) is 10.2 Å². The molecule has 0 spiro atoms. The number of nitrogen functional groups attached to an aromatic ring is 1. The van der Waals surface area contributed by atoms with Gasteiger partial charge in [0.1, 0.15) is 5.52 Å². The van der Waals surface area contributed by atoms with E-state index in [1.807, 2.05) is 12.1 Å². The number of benzene rings is 1. The van der Waals surface area contributed by atoms with Crippen molar-refractivity contribution in [1.29, 1.82) is 0 Å². The molecule has 0 unspecified atom stereocenters. The van der Waals surface area contributed by atoms with Gasteiger partial charge in [-0.2, -0.15) is 0 Å². The number of anilines is 1. The van der Waals surface area contributed by atoms with Crippen molar-refractivity contribution in [2.75, 3.05) is 5.73 Å². The highest BCUT2D eigenvalue weighted by molar-refractivity contribution is 9.10. The standard InChI is InChI=1S/C12H13BrN4O/c1-2-3-6-4-5-7(13)10-8(6)9(14)11(12(15)18)17-16-10/h4-5H,2-3H2,1H3,(H2,14,16)(H2,15,18). The Morgan fingerprint density at radius 3 is 2.72 bits per heavy atom. The number of carbonyl (C=O) groups is 1. The lowest BCUT2D eigenvalue weighted by atomic mass is 10.0. The van der Waals surface area contributed by atoms with Gasteiger partial charge >= 0.3 is 0 Å². The number of amides is 1. The Balaban J connectivity index is 2.84. The van der Waals surface area contributed by atoms with Crippen molar-refractivity contribution < 1.29 is 4.79 Å². The zero-order valence-corrected chi connectivity index (χ0v) is 11.5. The molecule has 0 fully saturated rings. The Bertz CT molecular complexity index is 627. The van der Waals surface area contributed by atoms with Gasteiger partial charge < -0.3 is 11.5 Å². The number of aryl methyl sites for hydroxylation is 1. The predicted octanol–water partition coefficient (Wildman–Crippen LogP) is 2.03. The van der Waals surface area contributed by atoms with Gasteiger partial charge in [0.2, 0.25) is 0 Å². The molecule has 5 nitrogen and oxygen atoms in total. The van der Waals surface area contributed by atoms with Crippen LogP contribution in [0.3, 0.4) is 0 Å². The summed E-state index contributed by atoms with van der Waals surface area (Å²) in [6, 6.07) is 3.88. The molecule has 6 heteroatoms. The van der Waals surface area contributed by atoms with Crippen LogP contribution < -0.4 is 11.5 Å². The smallest absolute Gasteiger partial charge is 0.271 e. The highest BCUT2D eigenvalue weighted by Gasteiger charge is 2.16. The van der Waals surface area contributed by atoms with Crippen LogP contribution in [0.2, 0.25) is 0 Å². The molecule has 94 valence electrons. The Morgan fingerprint density at radius 1 is 1.39 bits per heavy atom. The molecule has 0 saturated heterocycles. The Hall–Kier alpha value is -1.69. The summed E-state index contributed by atoms with van der Waals surface area (Å²) in [7, 11) is 0. The van der Waals surface area contributed by atoms with Crippen LogP contribution in [0.5, 0.6) is 0 Å². The number of halogens is 1. The molecule has 0 radical (unpaired) electrons. The lowest BCUT2D eigenvalue weighted by Crippen LogP contribution is -2.17. The average Bonchev–Trinajstić information content (AvgIpc) is 2.33. The number of fused-ring (bicyclic) bond motifs is 1. The van der Waals surface area contributed by atoms with Crippen LogP contribution in [-0.4, -0.2) is 16.1 Å². The molecule has 0 bridgehead atoms. The van der Waals surface area contributed by atoms with Gasteiger partial charge in [-0.15, -0.1) is 10.2 Å². The summed E-state index contributed by atoms with van der Waals surface area (Å²) in [6.45, 7) is 2.08. The zero-order chi connectivity index (χ0) is 13.3. The first-order valence-corrected chi connectivity index (χ1v) is 6.38. The first kappa shape index (κ1) is 12.8. The summed E-state index contributed by atoms with van der Waals surface area (Å²) in [4.78, 5) is 11.2. The molecule has 0 aliphatic carbocycles. The quantitative estimate of drug-likeness (QED) is 0.907.